The highest BCUT2D eigenvalue weighted by Gasteiger charge is 2.23. The minimum absolute atomic E-state index is 0.0412. The molecule has 1 aromatic carbocycles. The van der Waals surface area contributed by atoms with E-state index in [-0.39, 0.29) is 16.2 Å². The molecule has 0 amide bonds. The third kappa shape index (κ3) is 2.28. The summed E-state index contributed by atoms with van der Waals surface area (Å²) in [6.45, 7) is 0. The molecular weight excluding hydrogens is 356 g/mol. The van der Waals surface area contributed by atoms with Gasteiger partial charge in [-0.1, -0.05) is 18.2 Å². The average Bonchev–Trinajstić information content (AvgIpc) is 2.86. The Hall–Kier alpha value is -1.99. The van der Waals surface area contributed by atoms with Gasteiger partial charge in [0.1, 0.15) is 4.60 Å². The molecular formula is C14H9BrN2O3S. The van der Waals surface area contributed by atoms with Crippen LogP contribution in [0.5, 0.6) is 0 Å². The minimum Gasteiger partial charge on any atom is -0.296 e. The smallest absolute Gasteiger partial charge is 0.270 e. The summed E-state index contributed by atoms with van der Waals surface area (Å²) in [5.41, 5.74) is 0.259. The topological polar surface area (TPSA) is 69.0 Å². The molecule has 0 atom stereocenters. The van der Waals surface area contributed by atoms with Gasteiger partial charge in [-0.2, -0.15) is 0 Å². The molecule has 106 valence electrons. The maximum absolute atomic E-state index is 12.7. The lowest BCUT2D eigenvalue weighted by molar-refractivity contribution is 0.111. The van der Waals surface area contributed by atoms with Crippen LogP contribution in [0, 0.1) is 0 Å². The monoisotopic (exact) mass is 364 g/mol. The van der Waals surface area contributed by atoms with Crippen molar-refractivity contribution in [3.63, 3.8) is 0 Å². The molecule has 5 nitrogen and oxygen atoms in total. The van der Waals surface area contributed by atoms with Gasteiger partial charge in [0.05, 0.1) is 10.6 Å². The number of hydrogen-bond acceptors (Lipinski definition) is 4. The molecule has 0 saturated heterocycles. The van der Waals surface area contributed by atoms with Crippen molar-refractivity contribution >= 4 is 43.3 Å². The molecule has 3 rings (SSSR count). The number of nitrogens with zero attached hydrogens (tertiary/aromatic N) is 2. The summed E-state index contributed by atoms with van der Waals surface area (Å²) in [5.74, 6) is 0. The van der Waals surface area contributed by atoms with Crippen LogP contribution in [0.1, 0.15) is 10.5 Å². The molecule has 0 aliphatic carbocycles. The van der Waals surface area contributed by atoms with Gasteiger partial charge in [-0.15, -0.1) is 0 Å². The average molecular weight is 365 g/mol. The number of hydrogen-bond donors (Lipinski definition) is 0. The maximum Gasteiger partial charge on any atom is 0.270 e. The first-order valence-corrected chi connectivity index (χ1v) is 8.21. The van der Waals surface area contributed by atoms with Gasteiger partial charge in [0, 0.05) is 5.39 Å². The molecule has 21 heavy (non-hydrogen) atoms. The van der Waals surface area contributed by atoms with E-state index in [1.165, 1.54) is 18.2 Å². The summed E-state index contributed by atoms with van der Waals surface area (Å²) >= 11 is 3.21. The molecule has 0 aliphatic rings. The van der Waals surface area contributed by atoms with Crippen LogP contribution in [0.4, 0.5) is 0 Å². The van der Waals surface area contributed by atoms with Crippen molar-refractivity contribution in [2.75, 3.05) is 0 Å². The largest absolute Gasteiger partial charge is 0.296 e. The summed E-state index contributed by atoms with van der Waals surface area (Å²) in [5, 5.41) is 0.583. The number of aldehydes is 1. The first-order chi connectivity index (χ1) is 10.0. The normalized spacial score (nSPS) is 11.7. The van der Waals surface area contributed by atoms with E-state index in [1.54, 1.807) is 30.3 Å². The molecule has 0 bridgehead atoms. The van der Waals surface area contributed by atoms with E-state index in [4.69, 9.17) is 0 Å². The summed E-state index contributed by atoms with van der Waals surface area (Å²) in [6.07, 6.45) is 0.510. The Kier molecular flexibility index (Phi) is 3.38. The Morgan fingerprint density at radius 3 is 2.48 bits per heavy atom. The summed E-state index contributed by atoms with van der Waals surface area (Å²) in [7, 11) is -3.88. The molecule has 0 fully saturated rings. The van der Waals surface area contributed by atoms with Crippen LogP contribution < -0.4 is 0 Å². The van der Waals surface area contributed by atoms with E-state index in [9.17, 15) is 13.2 Å². The lowest BCUT2D eigenvalue weighted by Gasteiger charge is -2.08. The fraction of sp³-hybridized carbons (Fsp3) is 0. The maximum atomic E-state index is 12.7. The quantitative estimate of drug-likeness (QED) is 0.529. The van der Waals surface area contributed by atoms with Crippen molar-refractivity contribution in [3.8, 4) is 0 Å². The van der Waals surface area contributed by atoms with Crippen LogP contribution in [0.2, 0.25) is 0 Å². The van der Waals surface area contributed by atoms with Gasteiger partial charge >= 0.3 is 0 Å². The van der Waals surface area contributed by atoms with Gasteiger partial charge in [0.25, 0.3) is 10.0 Å². The molecule has 2 heterocycles. The second kappa shape index (κ2) is 5.09. The Balaban J connectivity index is 2.38. The third-order valence-electron chi connectivity index (χ3n) is 3.00. The van der Waals surface area contributed by atoms with E-state index in [2.05, 4.69) is 20.9 Å². The predicted octanol–water partition coefficient (Wildman–Crippen LogP) is 2.85. The van der Waals surface area contributed by atoms with Crippen molar-refractivity contribution in [1.29, 1.82) is 0 Å². The van der Waals surface area contributed by atoms with Crippen molar-refractivity contribution < 1.29 is 13.2 Å². The van der Waals surface area contributed by atoms with Gasteiger partial charge in [-0.25, -0.2) is 17.4 Å². The van der Waals surface area contributed by atoms with Gasteiger partial charge in [-0.3, -0.25) is 4.79 Å². The number of halogens is 1. The van der Waals surface area contributed by atoms with Crippen molar-refractivity contribution in [2.24, 2.45) is 0 Å². The molecule has 0 saturated carbocycles. The first-order valence-electron chi connectivity index (χ1n) is 5.98. The summed E-state index contributed by atoms with van der Waals surface area (Å²) in [4.78, 5) is 15.5. The molecule has 0 spiro atoms. The Bertz CT molecular complexity index is 934. The fourth-order valence-electron chi connectivity index (χ4n) is 2.08. The zero-order valence-corrected chi connectivity index (χ0v) is 13.0. The highest BCUT2D eigenvalue weighted by Crippen LogP contribution is 2.25. The van der Waals surface area contributed by atoms with Crippen molar-refractivity contribution in [3.05, 3.63) is 58.8 Å². The number of benzene rings is 1. The highest BCUT2D eigenvalue weighted by molar-refractivity contribution is 9.10. The Morgan fingerprint density at radius 2 is 1.81 bits per heavy atom. The Morgan fingerprint density at radius 1 is 1.10 bits per heavy atom. The number of pyridine rings is 1. The van der Waals surface area contributed by atoms with Crippen LogP contribution in [0.25, 0.3) is 11.0 Å². The van der Waals surface area contributed by atoms with E-state index in [0.717, 1.165) is 3.97 Å². The highest BCUT2D eigenvalue weighted by atomic mass is 79.9. The second-order valence-corrected chi connectivity index (χ2v) is 6.92. The van der Waals surface area contributed by atoms with Crippen molar-refractivity contribution in [2.45, 2.75) is 4.90 Å². The number of fused-ring (bicyclic) bond motifs is 1. The lowest BCUT2D eigenvalue weighted by atomic mass is 10.3. The van der Waals surface area contributed by atoms with E-state index < -0.39 is 10.0 Å². The van der Waals surface area contributed by atoms with E-state index >= 15 is 0 Å². The number of aromatic nitrogens is 2. The lowest BCUT2D eigenvalue weighted by Crippen LogP contribution is -2.16. The predicted molar refractivity (Wildman–Crippen MR) is 81.8 cm³/mol. The first kappa shape index (κ1) is 14.0. The Labute approximate surface area is 129 Å². The van der Waals surface area contributed by atoms with Gasteiger partial charge in [0.2, 0.25) is 0 Å². The van der Waals surface area contributed by atoms with E-state index in [1.807, 2.05) is 0 Å². The van der Waals surface area contributed by atoms with Crippen molar-refractivity contribution in [1.82, 2.24) is 8.96 Å². The number of carbonyl (C=O) groups is 1. The van der Waals surface area contributed by atoms with Crippen LogP contribution in [-0.4, -0.2) is 23.7 Å². The summed E-state index contributed by atoms with van der Waals surface area (Å²) in [6, 6.07) is 12.8. The third-order valence-corrected chi connectivity index (χ3v) is 5.18. The fourth-order valence-corrected chi connectivity index (χ4v) is 3.84. The van der Waals surface area contributed by atoms with Crippen LogP contribution in [0.15, 0.2) is 58.0 Å². The molecule has 3 aromatic rings. The second-order valence-electron chi connectivity index (χ2n) is 4.32. The SMILES string of the molecule is O=Cc1cc2ccc(Br)nc2n1S(=O)(=O)c1ccccc1. The molecule has 0 radical (unpaired) electrons. The molecule has 0 unspecified atom stereocenters. The van der Waals surface area contributed by atoms with Gasteiger partial charge in [-0.05, 0) is 46.3 Å². The standard InChI is InChI=1S/C14H9BrN2O3S/c15-13-7-6-10-8-11(9-18)17(14(10)16-13)21(19,20)12-4-2-1-3-5-12/h1-9H. The molecule has 2 aromatic heterocycles. The summed E-state index contributed by atoms with van der Waals surface area (Å²) < 4.78 is 27.0. The molecule has 7 heteroatoms. The van der Waals surface area contributed by atoms with Gasteiger partial charge < -0.3 is 0 Å². The number of carbonyl (C=O) groups excluding carboxylic acids is 1. The minimum atomic E-state index is -3.88. The zero-order valence-electron chi connectivity index (χ0n) is 10.6. The van der Waals surface area contributed by atoms with E-state index in [0.29, 0.717) is 16.3 Å². The van der Waals surface area contributed by atoms with Crippen LogP contribution in [0.3, 0.4) is 0 Å². The number of rotatable bonds is 3. The zero-order chi connectivity index (χ0) is 15.0. The molecule has 0 N–H and O–H groups in total. The van der Waals surface area contributed by atoms with Crippen LogP contribution >= 0.6 is 15.9 Å². The molecule has 0 aliphatic heterocycles. The van der Waals surface area contributed by atoms with Gasteiger partial charge in [0.15, 0.2) is 11.9 Å². The van der Waals surface area contributed by atoms with Crippen LogP contribution in [-0.2, 0) is 10.0 Å².